The summed E-state index contributed by atoms with van der Waals surface area (Å²) >= 11 is -2.69. The standard InChI is InChI=1S/C37H35N3O6S/c1-3-46-32-22-27(16-19-31(32)45-2)20-21-39-34(41)24-33-36(43)40(30-11-7-10-29(23-30)35(38)42)37(47(33)44)28-17-14-26(15-18-28)13-12-25-8-5-4-6-9-25/h4-11,14-19,22-23,33,37H,3,20-21,24H2,1-2H3,(H2,38,42)(H,39,41)/t33-,37+,47+/m1/s1/i2D3,4D,5D,6D,8D,9D,14D,15D,17D,18D,20D2,21D2. The number of primary amides is 1. The summed E-state index contributed by atoms with van der Waals surface area (Å²) in [5.74, 6) is 0.704. The molecule has 0 unspecified atom stereocenters. The van der Waals surface area contributed by atoms with Gasteiger partial charge in [0.05, 0.1) is 36.5 Å². The zero-order chi connectivity index (χ0) is 47.3. The van der Waals surface area contributed by atoms with Gasteiger partial charge in [0.2, 0.25) is 22.4 Å². The molecule has 1 heterocycles. The van der Waals surface area contributed by atoms with Crippen LogP contribution in [0.5, 0.6) is 11.5 Å². The number of aryl methyl sites for hydroxylation is 1. The van der Waals surface area contributed by atoms with Crippen LogP contribution >= 0.6 is 0 Å². The van der Waals surface area contributed by atoms with Gasteiger partial charge in [-0.1, -0.05) is 54.2 Å². The number of amides is 3. The van der Waals surface area contributed by atoms with Gasteiger partial charge in [0, 0.05) is 39.9 Å². The number of ether oxygens (including phenoxy) is 2. The zero-order valence-electron chi connectivity index (χ0n) is 40.5. The van der Waals surface area contributed by atoms with Crippen LogP contribution < -0.4 is 25.4 Å². The molecule has 240 valence electrons. The van der Waals surface area contributed by atoms with Gasteiger partial charge in [0.25, 0.3) is 5.91 Å². The minimum atomic E-state index is -3.28. The smallest absolute Gasteiger partial charge is 0.284 e. The van der Waals surface area contributed by atoms with Gasteiger partial charge in [0.15, 0.2) is 11.5 Å². The molecule has 0 bridgehead atoms. The predicted molar refractivity (Wildman–Crippen MR) is 181 cm³/mol. The van der Waals surface area contributed by atoms with Crippen LogP contribution in [0.1, 0.15) is 73.3 Å². The third-order valence-electron chi connectivity index (χ3n) is 6.49. The van der Waals surface area contributed by atoms with Gasteiger partial charge >= 0.3 is 0 Å². The lowest BCUT2D eigenvalue weighted by Crippen LogP contribution is -2.36. The number of nitrogens with two attached hydrogens (primary N) is 1. The summed E-state index contributed by atoms with van der Waals surface area (Å²) in [6.07, 6.45) is -4.17. The van der Waals surface area contributed by atoms with Crippen LogP contribution in [0.25, 0.3) is 0 Å². The first-order valence-corrected chi connectivity index (χ1v) is 15.0. The molecule has 10 heteroatoms. The highest BCUT2D eigenvalue weighted by Gasteiger charge is 2.53. The highest BCUT2D eigenvalue weighted by atomic mass is 32.2. The van der Waals surface area contributed by atoms with Crippen LogP contribution in [0.4, 0.5) is 5.69 Å². The Labute approximate surface area is 299 Å². The van der Waals surface area contributed by atoms with Gasteiger partial charge in [-0.15, -0.1) is 0 Å². The predicted octanol–water partition coefficient (Wildman–Crippen LogP) is 4.50. The summed E-state index contributed by atoms with van der Waals surface area (Å²) in [5.41, 5.74) is 2.96. The van der Waals surface area contributed by atoms with Crippen LogP contribution in [0.2, 0.25) is 0 Å². The van der Waals surface area contributed by atoms with E-state index in [0.717, 1.165) is 29.2 Å². The highest BCUT2D eigenvalue weighted by molar-refractivity contribution is 7.93. The van der Waals surface area contributed by atoms with Crippen LogP contribution in [0, 0.1) is 11.8 Å². The molecule has 1 fully saturated rings. The Hall–Kier alpha value is -5.24. The van der Waals surface area contributed by atoms with Gasteiger partial charge in [-0.2, -0.15) is 0 Å². The second-order valence-electron chi connectivity index (χ2n) is 9.53. The number of methoxy groups -OCH3 is 1. The molecule has 3 atom stereocenters. The number of hydrogen-bond donors (Lipinski definition) is 2. The molecule has 4 aromatic rings. The molecule has 0 aliphatic carbocycles. The van der Waals surface area contributed by atoms with E-state index in [2.05, 4.69) is 11.8 Å². The van der Waals surface area contributed by atoms with Crippen LogP contribution in [-0.4, -0.2) is 47.7 Å². The molecule has 0 radical (unpaired) electrons. The number of nitrogens with zero attached hydrogens (tertiary/aromatic N) is 1. The Morgan fingerprint density at radius 2 is 1.81 bits per heavy atom. The number of anilines is 1. The van der Waals surface area contributed by atoms with Crippen molar-refractivity contribution in [3.8, 4) is 23.3 Å². The van der Waals surface area contributed by atoms with E-state index in [9.17, 15) is 18.9 Å². The van der Waals surface area contributed by atoms with Crippen molar-refractivity contribution in [3.63, 3.8) is 0 Å². The first-order chi connectivity index (χ1) is 29.2. The molecule has 1 aliphatic rings. The second-order valence-corrected chi connectivity index (χ2v) is 11.2. The van der Waals surface area contributed by atoms with Crippen LogP contribution in [-0.2, 0) is 27.1 Å². The maximum atomic E-state index is 14.5. The molecule has 0 spiro atoms. The maximum absolute atomic E-state index is 14.5. The van der Waals surface area contributed by atoms with Gasteiger partial charge in [-0.25, -0.2) is 0 Å². The van der Waals surface area contributed by atoms with E-state index in [1.807, 2.05) is 5.32 Å². The van der Waals surface area contributed by atoms with E-state index in [1.54, 1.807) is 6.92 Å². The van der Waals surface area contributed by atoms with Crippen molar-refractivity contribution >= 4 is 34.6 Å². The molecule has 4 aromatic carbocycles. The summed E-state index contributed by atoms with van der Waals surface area (Å²) in [4.78, 5) is 40.8. The molecule has 3 amide bonds. The van der Waals surface area contributed by atoms with Gasteiger partial charge in [-0.05, 0) is 84.5 Å². The summed E-state index contributed by atoms with van der Waals surface area (Å²) in [6.45, 7) is -1.76. The first kappa shape index (κ1) is 18.2. The molecule has 5 rings (SSSR count). The third kappa shape index (κ3) is 7.95. The molecule has 3 N–H and O–H groups in total. The van der Waals surface area contributed by atoms with Gasteiger partial charge < -0.3 is 25.1 Å². The summed E-state index contributed by atoms with van der Waals surface area (Å²) in [7, 11) is -2.91. The first-order valence-electron chi connectivity index (χ1n) is 21.8. The Morgan fingerprint density at radius 1 is 1.06 bits per heavy atom. The van der Waals surface area contributed by atoms with E-state index < -0.39 is 142 Å². The monoisotopic (exact) mass is 665 g/mol. The van der Waals surface area contributed by atoms with Crippen LogP contribution in [0.3, 0.4) is 0 Å². The van der Waals surface area contributed by atoms with Crippen molar-refractivity contribution in [1.82, 2.24) is 5.32 Å². The summed E-state index contributed by atoms with van der Waals surface area (Å²) in [5, 5.41) is -1.94. The Bertz CT molecular complexity index is 2540. The Balaban J connectivity index is 1.55. The minimum absolute atomic E-state index is 0.0233. The number of rotatable bonds is 11. The fourth-order valence-corrected chi connectivity index (χ4v) is 6.12. The number of carbonyl (C=O) groups is 3. The number of carbonyl (C=O) groups excluding carboxylic acids is 3. The molecule has 0 saturated carbocycles. The molecule has 47 heavy (non-hydrogen) atoms. The maximum Gasteiger partial charge on any atom is 0.284 e. The van der Waals surface area contributed by atoms with Gasteiger partial charge in [-0.3, -0.25) is 19.3 Å². The van der Waals surface area contributed by atoms with E-state index >= 15 is 0 Å². The summed E-state index contributed by atoms with van der Waals surface area (Å²) < 4.78 is 156. The van der Waals surface area contributed by atoms with Gasteiger partial charge in [0.1, 0.15) is 0 Å². The minimum Gasteiger partial charge on any atom is -0.614 e. The van der Waals surface area contributed by atoms with E-state index in [4.69, 9.17) is 37.1 Å². The SMILES string of the molecule is [2H]c1c([2H])c([2H])c(C#Cc2c([2H])c([2H])c([C@H]3N(c4cccc(C(N)=O)c4)C(=O)[C@@H](CC(=O)NC([2H])([2H])C([2H])([2H])c4ccc(OC([2H])([2H])[2H])c(OCC)c4)[S@+]3[O-])c([2H])c2[2H])c([2H])c1[2H]. The number of hydrogen-bond acceptors (Lipinski definition) is 6. The highest BCUT2D eigenvalue weighted by Crippen LogP contribution is 2.42. The van der Waals surface area contributed by atoms with Crippen molar-refractivity contribution < 1.29 is 50.3 Å². The van der Waals surface area contributed by atoms with E-state index in [0.29, 0.717) is 0 Å². The van der Waals surface area contributed by atoms with Crippen molar-refractivity contribution in [3.05, 3.63) is 125 Å². The van der Waals surface area contributed by atoms with E-state index in [1.165, 1.54) is 18.2 Å². The molecular formula is C37H35N3O6S. The van der Waals surface area contributed by atoms with Crippen molar-refractivity contribution in [2.24, 2.45) is 5.73 Å². The Morgan fingerprint density at radius 3 is 2.51 bits per heavy atom. The number of benzene rings is 4. The second kappa shape index (κ2) is 15.4. The van der Waals surface area contributed by atoms with E-state index in [-0.39, 0.29) is 29.4 Å². The zero-order valence-corrected chi connectivity index (χ0v) is 25.3. The van der Waals surface area contributed by atoms with Crippen molar-refractivity contribution in [1.29, 1.82) is 0 Å². The lowest BCUT2D eigenvalue weighted by molar-refractivity contribution is -0.124. The average Bonchev–Trinajstić information content (AvgIpc) is 3.44. The molecule has 1 saturated heterocycles. The third-order valence-corrected chi connectivity index (χ3v) is 8.31. The Kier molecular flexibility index (Phi) is 5.95. The average molecular weight is 666 g/mol. The molecule has 0 aromatic heterocycles. The lowest BCUT2D eigenvalue weighted by Gasteiger charge is -2.24. The fraction of sp³-hybridized carbons (Fsp3) is 0.216. The quantitative estimate of drug-likeness (QED) is 0.179. The van der Waals surface area contributed by atoms with Crippen LogP contribution in [0.15, 0.2) is 96.8 Å². The molecular weight excluding hydrogens is 614 g/mol. The topological polar surface area (TPSA) is 134 Å². The van der Waals surface area contributed by atoms with Crippen molar-refractivity contribution in [2.75, 3.05) is 25.0 Å². The number of nitrogens with one attached hydrogen (secondary N) is 1. The molecule has 1 aliphatic heterocycles. The fourth-order valence-electron chi connectivity index (χ4n) is 4.39. The normalized spacial score (nSPS) is 22.8. The molecule has 9 nitrogen and oxygen atoms in total. The summed E-state index contributed by atoms with van der Waals surface area (Å²) in [6, 6.07) is 1.04. The lowest BCUT2D eigenvalue weighted by atomic mass is 10.1. The largest absolute Gasteiger partial charge is 0.614 e. The van der Waals surface area contributed by atoms with Crippen molar-refractivity contribution in [2.45, 2.75) is 30.3 Å².